The summed E-state index contributed by atoms with van der Waals surface area (Å²) in [6.45, 7) is 0.224. The maximum absolute atomic E-state index is 11.0. The zero-order valence-corrected chi connectivity index (χ0v) is 16.9. The molecule has 3 rings (SSSR count). The molecule has 0 aliphatic rings. The molecule has 0 aliphatic heterocycles. The van der Waals surface area contributed by atoms with Crippen LogP contribution in [0.15, 0.2) is 70.4 Å². The fourth-order valence-corrected chi connectivity index (χ4v) is 2.83. The molecule has 0 fully saturated rings. The molecule has 0 radical (unpaired) electrons. The zero-order valence-electron chi connectivity index (χ0n) is 15.4. The molecule has 1 aromatic heterocycles. The van der Waals surface area contributed by atoms with E-state index in [0.29, 0.717) is 11.3 Å². The van der Waals surface area contributed by atoms with Crippen molar-refractivity contribution in [1.29, 1.82) is 0 Å². The van der Waals surface area contributed by atoms with Crippen LogP contribution in [-0.4, -0.2) is 27.2 Å². The van der Waals surface area contributed by atoms with E-state index in [0.717, 1.165) is 10.0 Å². The third-order valence-electron chi connectivity index (χ3n) is 3.92. The molecule has 3 aromatic rings. The number of benzene rings is 2. The lowest BCUT2D eigenvalue weighted by Crippen LogP contribution is -2.02. The molecule has 0 saturated carbocycles. The van der Waals surface area contributed by atoms with Crippen LogP contribution >= 0.6 is 15.9 Å². The topological polar surface area (TPSA) is 127 Å². The van der Waals surface area contributed by atoms with Gasteiger partial charge in [0.2, 0.25) is 5.82 Å². The number of rotatable bonds is 8. The minimum Gasteiger partial charge on any atom is -0.488 e. The van der Waals surface area contributed by atoms with E-state index < -0.39 is 10.9 Å². The first-order valence-electron chi connectivity index (χ1n) is 8.57. The number of hydrogen-bond donors (Lipinski definition) is 2. The maximum Gasteiger partial charge on any atom is 0.335 e. The lowest BCUT2D eigenvalue weighted by molar-refractivity contribution is -0.384. The van der Waals surface area contributed by atoms with Crippen molar-refractivity contribution >= 4 is 39.6 Å². The second-order valence-electron chi connectivity index (χ2n) is 5.97. The number of carbonyl (C=O) groups is 1. The molecule has 30 heavy (non-hydrogen) atoms. The number of nitrogens with one attached hydrogen (secondary N) is 1. The number of anilines is 1. The van der Waals surface area contributed by atoms with Crippen LogP contribution < -0.4 is 10.2 Å². The van der Waals surface area contributed by atoms with Gasteiger partial charge in [0.15, 0.2) is 0 Å². The number of carboxylic acid groups (broad SMARTS) is 1. The van der Waals surface area contributed by atoms with E-state index in [1.807, 2.05) is 0 Å². The van der Waals surface area contributed by atoms with Crippen molar-refractivity contribution in [2.75, 3.05) is 5.43 Å². The van der Waals surface area contributed by atoms with Crippen LogP contribution in [0.3, 0.4) is 0 Å². The lowest BCUT2D eigenvalue weighted by atomic mass is 10.1. The molecule has 0 saturated heterocycles. The largest absolute Gasteiger partial charge is 0.488 e. The Kier molecular flexibility index (Phi) is 6.71. The van der Waals surface area contributed by atoms with Gasteiger partial charge in [0, 0.05) is 22.3 Å². The molecule has 9 nitrogen and oxygen atoms in total. The minimum atomic E-state index is -0.991. The number of aromatic carboxylic acids is 1. The highest BCUT2D eigenvalue weighted by Crippen LogP contribution is 2.24. The molecule has 2 N–H and O–H groups in total. The Morgan fingerprint density at radius 2 is 2.03 bits per heavy atom. The SMILES string of the molecule is O=C(O)c1ccc(COc2ccc(Br)cc2C=NNc2ncccc2[N+](=O)[O-])cc1. The summed E-state index contributed by atoms with van der Waals surface area (Å²) in [6.07, 6.45) is 2.89. The van der Waals surface area contributed by atoms with Crippen LogP contribution in [0.5, 0.6) is 5.75 Å². The highest BCUT2D eigenvalue weighted by Gasteiger charge is 2.13. The van der Waals surface area contributed by atoms with Gasteiger partial charge in [-0.15, -0.1) is 0 Å². The summed E-state index contributed by atoms with van der Waals surface area (Å²) in [5.74, 6) is -0.439. The van der Waals surface area contributed by atoms with E-state index in [4.69, 9.17) is 9.84 Å². The van der Waals surface area contributed by atoms with Gasteiger partial charge in [-0.1, -0.05) is 28.1 Å². The van der Waals surface area contributed by atoms with E-state index in [9.17, 15) is 14.9 Å². The smallest absolute Gasteiger partial charge is 0.335 e. The number of ether oxygens (including phenoxy) is 1. The van der Waals surface area contributed by atoms with Crippen molar-refractivity contribution in [3.8, 4) is 5.75 Å². The molecule has 0 amide bonds. The number of nitro groups is 1. The van der Waals surface area contributed by atoms with Crippen LogP contribution in [0.4, 0.5) is 11.5 Å². The maximum atomic E-state index is 11.0. The number of carboxylic acids is 1. The van der Waals surface area contributed by atoms with Crippen molar-refractivity contribution < 1.29 is 19.6 Å². The number of hydrogen-bond acceptors (Lipinski definition) is 7. The van der Waals surface area contributed by atoms with Crippen LogP contribution in [0.1, 0.15) is 21.5 Å². The Labute approximate surface area is 179 Å². The molecule has 0 bridgehead atoms. The van der Waals surface area contributed by atoms with Crippen molar-refractivity contribution in [3.63, 3.8) is 0 Å². The number of halogens is 1. The number of hydrazone groups is 1. The minimum absolute atomic E-state index is 0.0229. The van der Waals surface area contributed by atoms with E-state index >= 15 is 0 Å². The van der Waals surface area contributed by atoms with Crippen LogP contribution in [0.2, 0.25) is 0 Å². The average Bonchev–Trinajstić information content (AvgIpc) is 2.73. The lowest BCUT2D eigenvalue weighted by Gasteiger charge is -2.10. The van der Waals surface area contributed by atoms with Crippen molar-refractivity contribution in [1.82, 2.24) is 4.98 Å². The number of pyridine rings is 1. The van der Waals surface area contributed by atoms with E-state index in [1.165, 1.54) is 36.7 Å². The van der Waals surface area contributed by atoms with Gasteiger partial charge in [-0.05, 0) is 42.0 Å². The van der Waals surface area contributed by atoms with Gasteiger partial charge < -0.3 is 9.84 Å². The molecule has 1 heterocycles. The van der Waals surface area contributed by atoms with Crippen LogP contribution in [0, 0.1) is 10.1 Å². The first-order valence-corrected chi connectivity index (χ1v) is 9.36. The van der Waals surface area contributed by atoms with Crippen molar-refractivity contribution in [2.24, 2.45) is 5.10 Å². The Hall–Kier alpha value is -3.79. The molecule has 0 aliphatic carbocycles. The van der Waals surface area contributed by atoms with Gasteiger partial charge in [-0.2, -0.15) is 5.10 Å². The first-order chi connectivity index (χ1) is 14.4. The summed E-state index contributed by atoms with van der Waals surface area (Å²) in [5, 5.41) is 24.0. The third-order valence-corrected chi connectivity index (χ3v) is 4.42. The molecule has 10 heteroatoms. The summed E-state index contributed by atoms with van der Waals surface area (Å²) in [5.41, 5.74) is 4.00. The van der Waals surface area contributed by atoms with Gasteiger partial charge in [-0.25, -0.2) is 9.78 Å². The summed E-state index contributed by atoms with van der Waals surface area (Å²) in [7, 11) is 0. The van der Waals surface area contributed by atoms with E-state index in [-0.39, 0.29) is 23.7 Å². The van der Waals surface area contributed by atoms with Gasteiger partial charge in [0.05, 0.1) is 16.7 Å². The molecule has 0 spiro atoms. The summed E-state index contributed by atoms with van der Waals surface area (Å²) < 4.78 is 6.63. The Bertz CT molecular complexity index is 1100. The monoisotopic (exact) mass is 470 g/mol. The highest BCUT2D eigenvalue weighted by molar-refractivity contribution is 9.10. The Morgan fingerprint density at radius 3 is 2.73 bits per heavy atom. The summed E-state index contributed by atoms with van der Waals surface area (Å²) >= 11 is 3.39. The quantitative estimate of drug-likeness (QED) is 0.282. The zero-order chi connectivity index (χ0) is 21.5. The summed E-state index contributed by atoms with van der Waals surface area (Å²) in [4.78, 5) is 25.3. The predicted molar refractivity (Wildman–Crippen MR) is 114 cm³/mol. The Morgan fingerprint density at radius 1 is 1.27 bits per heavy atom. The van der Waals surface area contributed by atoms with Crippen molar-refractivity contribution in [3.05, 3.63) is 92.1 Å². The standard InChI is InChI=1S/C20H15BrN4O5/c21-16-7-8-18(30-12-13-3-5-14(6-4-13)20(26)27)15(10-16)11-23-24-19-17(25(28)29)2-1-9-22-19/h1-11H,12H2,(H,22,24)(H,26,27). The predicted octanol–water partition coefficient (Wildman–Crippen LogP) is 4.48. The Balaban J connectivity index is 1.73. The molecular weight excluding hydrogens is 456 g/mol. The average molecular weight is 471 g/mol. The van der Waals surface area contributed by atoms with Crippen molar-refractivity contribution in [2.45, 2.75) is 6.61 Å². The molecule has 0 atom stereocenters. The van der Waals surface area contributed by atoms with Crippen LogP contribution in [-0.2, 0) is 6.61 Å². The first kappa shape index (κ1) is 20.9. The van der Waals surface area contributed by atoms with Gasteiger partial charge in [0.25, 0.3) is 0 Å². The molecular formula is C20H15BrN4O5. The fourth-order valence-electron chi connectivity index (χ4n) is 2.45. The normalized spacial score (nSPS) is 10.7. The summed E-state index contributed by atoms with van der Waals surface area (Å²) in [6, 6.07) is 14.5. The third kappa shape index (κ3) is 5.39. The van der Waals surface area contributed by atoms with Gasteiger partial charge >= 0.3 is 11.7 Å². The second-order valence-corrected chi connectivity index (χ2v) is 6.89. The van der Waals surface area contributed by atoms with E-state index in [1.54, 1.807) is 30.3 Å². The highest BCUT2D eigenvalue weighted by atomic mass is 79.9. The van der Waals surface area contributed by atoms with E-state index in [2.05, 4.69) is 31.4 Å². The number of nitrogens with zero attached hydrogens (tertiary/aromatic N) is 3. The van der Waals surface area contributed by atoms with Crippen LogP contribution in [0.25, 0.3) is 0 Å². The second kappa shape index (κ2) is 9.61. The van der Waals surface area contributed by atoms with Gasteiger partial charge in [-0.3, -0.25) is 15.5 Å². The fraction of sp³-hybridized carbons (Fsp3) is 0.0500. The van der Waals surface area contributed by atoms with Gasteiger partial charge in [0.1, 0.15) is 12.4 Å². The molecule has 152 valence electrons. The molecule has 0 unspecified atom stereocenters. The number of aromatic nitrogens is 1. The molecule has 2 aromatic carbocycles.